The Morgan fingerprint density at radius 2 is 2.33 bits per heavy atom. The average Bonchev–Trinajstić information content (AvgIpc) is 2.89. The molecule has 0 bridgehead atoms. The summed E-state index contributed by atoms with van der Waals surface area (Å²) in [6.07, 6.45) is 2.26. The lowest BCUT2D eigenvalue weighted by Gasteiger charge is -2.12. The number of amides is 1. The van der Waals surface area contributed by atoms with Crippen molar-refractivity contribution in [3.8, 4) is 5.75 Å². The van der Waals surface area contributed by atoms with Gasteiger partial charge in [0.05, 0.1) is 7.11 Å². The molecule has 0 radical (unpaired) electrons. The van der Waals surface area contributed by atoms with Crippen LogP contribution < -0.4 is 15.4 Å². The molecular weight excluding hydrogens is 228 g/mol. The summed E-state index contributed by atoms with van der Waals surface area (Å²) in [7, 11) is 1.66. The zero-order valence-electron chi connectivity index (χ0n) is 10.7. The van der Waals surface area contributed by atoms with Gasteiger partial charge in [-0.3, -0.25) is 4.79 Å². The van der Waals surface area contributed by atoms with Gasteiger partial charge in [0, 0.05) is 19.0 Å². The molecule has 4 nitrogen and oxygen atoms in total. The molecule has 1 aromatic rings. The number of ether oxygens (including phenoxy) is 1. The molecule has 4 heteroatoms. The first-order valence-electron chi connectivity index (χ1n) is 6.41. The molecule has 1 heterocycles. The Morgan fingerprint density at radius 1 is 1.50 bits per heavy atom. The molecule has 1 atom stereocenters. The van der Waals surface area contributed by atoms with Gasteiger partial charge in [0.25, 0.3) is 0 Å². The van der Waals surface area contributed by atoms with Crippen molar-refractivity contribution in [1.29, 1.82) is 0 Å². The molecule has 0 saturated carbocycles. The maximum atomic E-state index is 11.8. The minimum absolute atomic E-state index is 0.120. The third kappa shape index (κ3) is 3.47. The summed E-state index contributed by atoms with van der Waals surface area (Å²) in [4.78, 5) is 11.8. The Kier molecular flexibility index (Phi) is 4.59. The second-order valence-electron chi connectivity index (χ2n) is 4.57. The lowest BCUT2D eigenvalue weighted by molar-refractivity contribution is -0.121. The van der Waals surface area contributed by atoms with E-state index in [1.54, 1.807) is 7.11 Å². The van der Waals surface area contributed by atoms with Crippen molar-refractivity contribution in [2.75, 3.05) is 20.2 Å². The van der Waals surface area contributed by atoms with E-state index in [1.807, 2.05) is 24.3 Å². The van der Waals surface area contributed by atoms with Crippen molar-refractivity contribution >= 4 is 5.91 Å². The van der Waals surface area contributed by atoms with Crippen LogP contribution in [0.1, 0.15) is 18.4 Å². The van der Waals surface area contributed by atoms with E-state index in [4.69, 9.17) is 4.74 Å². The number of benzene rings is 1. The second-order valence-corrected chi connectivity index (χ2v) is 4.57. The normalized spacial score (nSPS) is 18.6. The molecule has 18 heavy (non-hydrogen) atoms. The molecule has 2 rings (SSSR count). The van der Waals surface area contributed by atoms with Crippen molar-refractivity contribution in [3.05, 3.63) is 29.8 Å². The molecule has 1 amide bonds. The van der Waals surface area contributed by atoms with Gasteiger partial charge in [0.2, 0.25) is 5.91 Å². The van der Waals surface area contributed by atoms with Gasteiger partial charge in [-0.25, -0.2) is 0 Å². The van der Waals surface area contributed by atoms with Gasteiger partial charge in [0.1, 0.15) is 5.75 Å². The number of methoxy groups -OCH3 is 1. The van der Waals surface area contributed by atoms with Crippen LogP contribution in [-0.4, -0.2) is 32.1 Å². The smallest absolute Gasteiger partial charge is 0.220 e. The molecular formula is C14H20N2O2. The monoisotopic (exact) mass is 248 g/mol. The third-order valence-electron chi connectivity index (χ3n) is 3.24. The molecule has 1 aromatic carbocycles. The van der Waals surface area contributed by atoms with Crippen molar-refractivity contribution in [3.63, 3.8) is 0 Å². The third-order valence-corrected chi connectivity index (χ3v) is 3.24. The Hall–Kier alpha value is -1.55. The lowest BCUT2D eigenvalue weighted by Crippen LogP contribution is -2.36. The van der Waals surface area contributed by atoms with Gasteiger partial charge < -0.3 is 15.4 Å². The van der Waals surface area contributed by atoms with E-state index in [0.717, 1.165) is 37.2 Å². The number of hydrogen-bond acceptors (Lipinski definition) is 3. The highest BCUT2D eigenvalue weighted by Gasteiger charge is 2.16. The zero-order chi connectivity index (χ0) is 12.8. The maximum Gasteiger partial charge on any atom is 0.220 e. The van der Waals surface area contributed by atoms with Gasteiger partial charge in [0.15, 0.2) is 0 Å². The molecule has 0 aromatic heterocycles. The number of hydrogen-bond donors (Lipinski definition) is 2. The topological polar surface area (TPSA) is 50.4 Å². The van der Waals surface area contributed by atoms with Crippen LogP contribution in [-0.2, 0) is 11.2 Å². The van der Waals surface area contributed by atoms with Gasteiger partial charge in [-0.2, -0.15) is 0 Å². The largest absolute Gasteiger partial charge is 0.496 e. The van der Waals surface area contributed by atoms with E-state index in [-0.39, 0.29) is 5.91 Å². The molecule has 1 unspecified atom stereocenters. The molecule has 0 spiro atoms. The van der Waals surface area contributed by atoms with Gasteiger partial charge in [-0.1, -0.05) is 18.2 Å². The first-order chi connectivity index (χ1) is 8.79. The molecule has 1 aliphatic rings. The van der Waals surface area contributed by atoms with E-state index in [9.17, 15) is 4.79 Å². The Morgan fingerprint density at radius 3 is 3.06 bits per heavy atom. The molecule has 98 valence electrons. The highest BCUT2D eigenvalue weighted by atomic mass is 16.5. The molecule has 0 aliphatic carbocycles. The van der Waals surface area contributed by atoms with Gasteiger partial charge >= 0.3 is 0 Å². The van der Waals surface area contributed by atoms with E-state index in [1.165, 1.54) is 0 Å². The quantitative estimate of drug-likeness (QED) is 0.820. The molecule has 1 aliphatic heterocycles. The number of para-hydroxylation sites is 1. The first kappa shape index (κ1) is 12.9. The van der Waals surface area contributed by atoms with Crippen LogP contribution >= 0.6 is 0 Å². The van der Waals surface area contributed by atoms with Crippen molar-refractivity contribution < 1.29 is 9.53 Å². The fourth-order valence-corrected chi connectivity index (χ4v) is 2.24. The summed E-state index contributed by atoms with van der Waals surface area (Å²) in [5.74, 6) is 0.974. The molecule has 1 fully saturated rings. The van der Waals surface area contributed by atoms with Gasteiger partial charge in [-0.05, 0) is 31.0 Å². The summed E-state index contributed by atoms with van der Waals surface area (Å²) >= 11 is 0. The van der Waals surface area contributed by atoms with Crippen LogP contribution in [0.15, 0.2) is 24.3 Å². The van der Waals surface area contributed by atoms with Crippen LogP contribution in [0.25, 0.3) is 0 Å². The van der Waals surface area contributed by atoms with Crippen LogP contribution in [0.2, 0.25) is 0 Å². The van der Waals surface area contributed by atoms with Crippen LogP contribution in [0.4, 0.5) is 0 Å². The van der Waals surface area contributed by atoms with Crippen LogP contribution in [0.3, 0.4) is 0 Å². The second kappa shape index (κ2) is 6.40. The van der Waals surface area contributed by atoms with E-state index in [2.05, 4.69) is 10.6 Å². The maximum absolute atomic E-state index is 11.8. The first-order valence-corrected chi connectivity index (χ1v) is 6.41. The lowest BCUT2D eigenvalue weighted by atomic mass is 10.1. The summed E-state index contributed by atoms with van der Waals surface area (Å²) in [5, 5.41) is 6.28. The van der Waals surface area contributed by atoms with E-state index in [0.29, 0.717) is 12.5 Å². The fourth-order valence-electron chi connectivity index (χ4n) is 2.24. The number of aryl methyl sites for hydroxylation is 1. The van der Waals surface area contributed by atoms with Crippen molar-refractivity contribution in [1.82, 2.24) is 10.6 Å². The zero-order valence-corrected chi connectivity index (χ0v) is 10.7. The number of carbonyl (C=O) groups excluding carboxylic acids is 1. The van der Waals surface area contributed by atoms with Crippen LogP contribution in [0, 0.1) is 0 Å². The van der Waals surface area contributed by atoms with E-state index < -0.39 is 0 Å². The van der Waals surface area contributed by atoms with Gasteiger partial charge in [-0.15, -0.1) is 0 Å². The predicted molar refractivity (Wildman–Crippen MR) is 70.7 cm³/mol. The summed E-state index contributed by atoms with van der Waals surface area (Å²) < 4.78 is 5.27. The average molecular weight is 248 g/mol. The van der Waals surface area contributed by atoms with Crippen LogP contribution in [0.5, 0.6) is 5.75 Å². The Labute approximate surface area is 108 Å². The summed E-state index contributed by atoms with van der Waals surface area (Å²) in [6.45, 7) is 1.89. The van der Waals surface area contributed by atoms with Crippen molar-refractivity contribution in [2.24, 2.45) is 0 Å². The summed E-state index contributed by atoms with van der Waals surface area (Å²) in [5.41, 5.74) is 1.08. The summed E-state index contributed by atoms with van der Waals surface area (Å²) in [6, 6.07) is 8.14. The molecule has 2 N–H and O–H groups in total. The standard InChI is InChI=1S/C14H20N2O2/c1-18-13-5-3-2-4-11(13)6-7-14(17)16-12-8-9-15-10-12/h2-5,12,15H,6-10H2,1H3,(H,16,17). The number of nitrogens with one attached hydrogen (secondary N) is 2. The number of rotatable bonds is 5. The number of carbonyl (C=O) groups is 1. The predicted octanol–water partition coefficient (Wildman–Crippen LogP) is 1.11. The SMILES string of the molecule is COc1ccccc1CCC(=O)NC1CCNC1. The Balaban J connectivity index is 1.81. The highest BCUT2D eigenvalue weighted by molar-refractivity contribution is 5.76. The van der Waals surface area contributed by atoms with E-state index >= 15 is 0 Å². The molecule has 1 saturated heterocycles. The minimum atomic E-state index is 0.120. The highest BCUT2D eigenvalue weighted by Crippen LogP contribution is 2.18. The Bertz CT molecular complexity index is 401. The fraction of sp³-hybridized carbons (Fsp3) is 0.500. The van der Waals surface area contributed by atoms with Crippen molar-refractivity contribution in [2.45, 2.75) is 25.3 Å². The minimum Gasteiger partial charge on any atom is -0.496 e.